The molecule has 0 saturated carbocycles. The van der Waals surface area contributed by atoms with Crippen molar-refractivity contribution in [2.75, 3.05) is 12.8 Å². The maximum absolute atomic E-state index is 12.7. The van der Waals surface area contributed by atoms with Crippen LogP contribution in [0.4, 0.5) is 10.1 Å². The van der Waals surface area contributed by atoms with Gasteiger partial charge in [-0.05, 0) is 24.3 Å². The smallest absolute Gasteiger partial charge is 0.133 e. The molecule has 0 saturated heterocycles. The molecule has 0 aliphatic heterocycles. The van der Waals surface area contributed by atoms with Crippen LogP contribution in [0.1, 0.15) is 0 Å². The molecular formula is C13H12FNO2. The Morgan fingerprint density at radius 2 is 1.59 bits per heavy atom. The highest BCUT2D eigenvalue weighted by atomic mass is 19.1. The molecule has 0 aromatic heterocycles. The zero-order chi connectivity index (χ0) is 12.3. The molecule has 0 heterocycles. The predicted octanol–water partition coefficient (Wildman–Crippen LogP) is 3.21. The highest BCUT2D eigenvalue weighted by Gasteiger charge is 2.02. The Bertz CT molecular complexity index is 511. The van der Waals surface area contributed by atoms with Crippen LogP contribution >= 0.6 is 0 Å². The zero-order valence-electron chi connectivity index (χ0n) is 9.31. The molecule has 0 aliphatic rings. The zero-order valence-corrected chi connectivity index (χ0v) is 9.31. The molecule has 0 amide bonds. The van der Waals surface area contributed by atoms with E-state index < -0.39 is 0 Å². The van der Waals surface area contributed by atoms with Crippen LogP contribution in [0.15, 0.2) is 42.5 Å². The number of methoxy groups -OCH3 is 1. The van der Waals surface area contributed by atoms with Gasteiger partial charge in [0.1, 0.15) is 23.1 Å². The minimum absolute atomic E-state index is 0.303. The highest BCUT2D eigenvalue weighted by molar-refractivity contribution is 5.51. The van der Waals surface area contributed by atoms with Gasteiger partial charge in [-0.3, -0.25) is 0 Å². The van der Waals surface area contributed by atoms with E-state index in [-0.39, 0.29) is 5.82 Å². The van der Waals surface area contributed by atoms with Crippen molar-refractivity contribution in [1.29, 1.82) is 0 Å². The number of halogens is 1. The molecule has 2 rings (SSSR count). The van der Waals surface area contributed by atoms with Crippen molar-refractivity contribution in [2.24, 2.45) is 0 Å². The molecule has 2 aromatic carbocycles. The molecule has 0 unspecified atom stereocenters. The fourth-order valence-corrected chi connectivity index (χ4v) is 1.41. The number of nitrogen functional groups attached to an aromatic ring is 1. The number of anilines is 1. The second-order valence-electron chi connectivity index (χ2n) is 3.50. The molecule has 0 spiro atoms. The molecule has 4 heteroatoms. The lowest BCUT2D eigenvalue weighted by atomic mass is 10.3. The van der Waals surface area contributed by atoms with Crippen molar-refractivity contribution < 1.29 is 13.9 Å². The molecule has 0 radical (unpaired) electrons. The van der Waals surface area contributed by atoms with Gasteiger partial charge in [-0.1, -0.05) is 0 Å². The standard InChI is InChI=1S/C13H12FNO2/c1-16-12-6-10(15)7-13(8-12)17-11-4-2-9(14)3-5-11/h2-8H,15H2,1H3. The van der Waals surface area contributed by atoms with Gasteiger partial charge in [-0.2, -0.15) is 0 Å². The molecular weight excluding hydrogens is 221 g/mol. The Morgan fingerprint density at radius 1 is 0.941 bits per heavy atom. The van der Waals surface area contributed by atoms with Crippen LogP contribution in [0, 0.1) is 5.82 Å². The Morgan fingerprint density at radius 3 is 2.24 bits per heavy atom. The summed E-state index contributed by atoms with van der Waals surface area (Å²) >= 11 is 0. The maximum Gasteiger partial charge on any atom is 0.133 e. The van der Waals surface area contributed by atoms with Gasteiger partial charge in [0.05, 0.1) is 7.11 Å². The fraction of sp³-hybridized carbons (Fsp3) is 0.0769. The number of benzene rings is 2. The third-order valence-electron chi connectivity index (χ3n) is 2.19. The largest absolute Gasteiger partial charge is 0.497 e. The lowest BCUT2D eigenvalue weighted by Gasteiger charge is -2.08. The topological polar surface area (TPSA) is 44.5 Å². The first kappa shape index (κ1) is 11.3. The van der Waals surface area contributed by atoms with Crippen molar-refractivity contribution in [1.82, 2.24) is 0 Å². The average Bonchev–Trinajstić information content (AvgIpc) is 2.31. The third-order valence-corrected chi connectivity index (χ3v) is 2.19. The molecule has 2 N–H and O–H groups in total. The number of hydrogen-bond acceptors (Lipinski definition) is 3. The van der Waals surface area contributed by atoms with Crippen LogP contribution < -0.4 is 15.2 Å². The average molecular weight is 233 g/mol. The van der Waals surface area contributed by atoms with E-state index in [0.29, 0.717) is 22.9 Å². The molecule has 0 fully saturated rings. The number of nitrogens with two attached hydrogens (primary N) is 1. The van der Waals surface area contributed by atoms with Crippen LogP contribution in [-0.2, 0) is 0 Å². The summed E-state index contributed by atoms with van der Waals surface area (Å²) in [4.78, 5) is 0. The molecule has 0 aliphatic carbocycles. The van der Waals surface area contributed by atoms with Gasteiger partial charge in [-0.15, -0.1) is 0 Å². The number of ether oxygens (including phenoxy) is 2. The summed E-state index contributed by atoms with van der Waals surface area (Å²) in [6, 6.07) is 10.8. The fourth-order valence-electron chi connectivity index (χ4n) is 1.41. The van der Waals surface area contributed by atoms with Gasteiger partial charge < -0.3 is 15.2 Å². The van der Waals surface area contributed by atoms with Crippen LogP contribution in [0.5, 0.6) is 17.2 Å². The van der Waals surface area contributed by atoms with Gasteiger partial charge in [-0.25, -0.2) is 4.39 Å². The monoisotopic (exact) mass is 233 g/mol. The van der Waals surface area contributed by atoms with Crippen molar-refractivity contribution in [2.45, 2.75) is 0 Å². The van der Waals surface area contributed by atoms with Crippen molar-refractivity contribution in [3.63, 3.8) is 0 Å². The van der Waals surface area contributed by atoms with Gasteiger partial charge in [0.2, 0.25) is 0 Å². The summed E-state index contributed by atoms with van der Waals surface area (Å²) in [5.74, 6) is 1.40. The Kier molecular flexibility index (Phi) is 3.14. The Balaban J connectivity index is 2.23. The SMILES string of the molecule is COc1cc(N)cc(Oc2ccc(F)cc2)c1. The first-order chi connectivity index (χ1) is 8.17. The van der Waals surface area contributed by atoms with Gasteiger partial charge >= 0.3 is 0 Å². The van der Waals surface area contributed by atoms with E-state index >= 15 is 0 Å². The van der Waals surface area contributed by atoms with E-state index in [1.165, 1.54) is 12.1 Å². The van der Waals surface area contributed by atoms with E-state index in [4.69, 9.17) is 15.2 Å². The van der Waals surface area contributed by atoms with Gasteiger partial charge in [0, 0.05) is 23.9 Å². The molecule has 0 bridgehead atoms. The van der Waals surface area contributed by atoms with Crippen molar-refractivity contribution in [3.05, 3.63) is 48.3 Å². The summed E-state index contributed by atoms with van der Waals surface area (Å²) in [6.07, 6.45) is 0. The predicted molar refractivity (Wildman–Crippen MR) is 63.9 cm³/mol. The molecule has 2 aromatic rings. The van der Waals surface area contributed by atoms with Crippen LogP contribution in [-0.4, -0.2) is 7.11 Å². The third kappa shape index (κ3) is 2.87. The Labute approximate surface area is 98.6 Å². The normalized spacial score (nSPS) is 10.0. The second kappa shape index (κ2) is 4.74. The molecule has 3 nitrogen and oxygen atoms in total. The van der Waals surface area contributed by atoms with E-state index in [9.17, 15) is 4.39 Å². The first-order valence-corrected chi connectivity index (χ1v) is 5.05. The van der Waals surface area contributed by atoms with Crippen LogP contribution in [0.3, 0.4) is 0 Å². The van der Waals surface area contributed by atoms with Crippen molar-refractivity contribution in [3.8, 4) is 17.2 Å². The first-order valence-electron chi connectivity index (χ1n) is 5.05. The van der Waals surface area contributed by atoms with E-state index in [1.807, 2.05) is 0 Å². The van der Waals surface area contributed by atoms with Gasteiger partial charge in [0.25, 0.3) is 0 Å². The lowest BCUT2D eigenvalue weighted by Crippen LogP contribution is -1.91. The minimum Gasteiger partial charge on any atom is -0.497 e. The summed E-state index contributed by atoms with van der Waals surface area (Å²) in [7, 11) is 1.55. The number of hydrogen-bond donors (Lipinski definition) is 1. The maximum atomic E-state index is 12.7. The van der Waals surface area contributed by atoms with E-state index in [2.05, 4.69) is 0 Å². The van der Waals surface area contributed by atoms with Gasteiger partial charge in [0.15, 0.2) is 0 Å². The highest BCUT2D eigenvalue weighted by Crippen LogP contribution is 2.28. The lowest BCUT2D eigenvalue weighted by molar-refractivity contribution is 0.409. The second-order valence-corrected chi connectivity index (χ2v) is 3.50. The molecule has 88 valence electrons. The van der Waals surface area contributed by atoms with E-state index in [1.54, 1.807) is 37.4 Å². The molecule has 0 atom stereocenters. The summed E-state index contributed by atoms with van der Waals surface area (Å²) in [5.41, 5.74) is 6.24. The van der Waals surface area contributed by atoms with E-state index in [0.717, 1.165) is 0 Å². The van der Waals surface area contributed by atoms with Crippen LogP contribution in [0.2, 0.25) is 0 Å². The number of rotatable bonds is 3. The van der Waals surface area contributed by atoms with Crippen LogP contribution in [0.25, 0.3) is 0 Å². The van der Waals surface area contributed by atoms with Crippen molar-refractivity contribution >= 4 is 5.69 Å². The molecule has 17 heavy (non-hydrogen) atoms. The summed E-state index contributed by atoms with van der Waals surface area (Å²) in [5, 5.41) is 0. The summed E-state index contributed by atoms with van der Waals surface area (Å²) in [6.45, 7) is 0. The quantitative estimate of drug-likeness (QED) is 0.828. The minimum atomic E-state index is -0.303. The Hall–Kier alpha value is -2.23. The summed E-state index contributed by atoms with van der Waals surface area (Å²) < 4.78 is 23.3.